The van der Waals surface area contributed by atoms with Crippen LogP contribution in [0.25, 0.3) is 10.9 Å². The summed E-state index contributed by atoms with van der Waals surface area (Å²) < 4.78 is 22.2. The molecule has 0 atom stereocenters. The Morgan fingerprint density at radius 1 is 0.842 bits per heavy atom. The summed E-state index contributed by atoms with van der Waals surface area (Å²) in [7, 11) is 0. The van der Waals surface area contributed by atoms with Gasteiger partial charge in [-0.15, -0.1) is 0 Å². The van der Waals surface area contributed by atoms with Crippen molar-refractivity contribution < 1.29 is 18.9 Å². The molecule has 0 radical (unpaired) electrons. The molecule has 6 heteroatoms. The smallest absolute Gasteiger partial charge is 0.163 e. The van der Waals surface area contributed by atoms with Crippen LogP contribution in [0.1, 0.15) is 0 Å². The Balaban J connectivity index is 1.84. The van der Waals surface area contributed by atoms with Crippen molar-refractivity contribution in [3.05, 3.63) is 18.3 Å². The first-order chi connectivity index (χ1) is 9.43. The van der Waals surface area contributed by atoms with Gasteiger partial charge in [-0.05, 0) is 6.07 Å². The average Bonchev–Trinajstić information content (AvgIpc) is 2.85. The van der Waals surface area contributed by atoms with E-state index in [1.165, 1.54) is 0 Å². The number of aromatic nitrogens is 2. The van der Waals surface area contributed by atoms with Crippen molar-refractivity contribution in [3.8, 4) is 11.5 Å². The van der Waals surface area contributed by atoms with Crippen LogP contribution in [0.15, 0.2) is 18.3 Å². The number of benzene rings is 1. The Labute approximate surface area is 110 Å². The van der Waals surface area contributed by atoms with Gasteiger partial charge in [-0.25, -0.2) is 0 Å². The second-order valence-corrected chi connectivity index (χ2v) is 4.16. The molecule has 102 valence electrons. The van der Waals surface area contributed by atoms with Gasteiger partial charge in [0.25, 0.3) is 0 Å². The van der Waals surface area contributed by atoms with Crippen LogP contribution in [-0.4, -0.2) is 49.8 Å². The third-order valence-corrected chi connectivity index (χ3v) is 2.84. The van der Waals surface area contributed by atoms with Gasteiger partial charge in [0.15, 0.2) is 11.5 Å². The van der Waals surface area contributed by atoms with Gasteiger partial charge < -0.3 is 18.9 Å². The minimum atomic E-state index is 0.478. The summed E-state index contributed by atoms with van der Waals surface area (Å²) in [6.45, 7) is 3.19. The van der Waals surface area contributed by atoms with Crippen molar-refractivity contribution in [1.29, 1.82) is 0 Å². The van der Waals surface area contributed by atoms with Crippen LogP contribution in [-0.2, 0) is 9.47 Å². The molecule has 0 amide bonds. The highest BCUT2D eigenvalue weighted by molar-refractivity contribution is 5.82. The molecule has 1 aromatic heterocycles. The van der Waals surface area contributed by atoms with Crippen LogP contribution in [0.2, 0.25) is 0 Å². The Morgan fingerprint density at radius 2 is 1.47 bits per heavy atom. The predicted octanol–water partition coefficient (Wildman–Crippen LogP) is 1.37. The molecule has 2 heterocycles. The fourth-order valence-corrected chi connectivity index (χ4v) is 1.92. The summed E-state index contributed by atoms with van der Waals surface area (Å²) in [5, 5.41) is 7.96. The van der Waals surface area contributed by atoms with Crippen molar-refractivity contribution in [2.45, 2.75) is 0 Å². The fraction of sp³-hybridized carbons (Fsp3) is 0.462. The Bertz CT molecular complexity index is 494. The van der Waals surface area contributed by atoms with Crippen molar-refractivity contribution in [1.82, 2.24) is 10.2 Å². The summed E-state index contributed by atoms with van der Waals surface area (Å²) in [4.78, 5) is 0. The highest BCUT2D eigenvalue weighted by Crippen LogP contribution is 2.31. The van der Waals surface area contributed by atoms with Gasteiger partial charge in [0.05, 0.1) is 31.9 Å². The highest BCUT2D eigenvalue weighted by Gasteiger charge is 2.10. The lowest BCUT2D eigenvalue weighted by molar-refractivity contribution is 0.0224. The Morgan fingerprint density at radius 3 is 2.21 bits per heavy atom. The minimum absolute atomic E-state index is 0.478. The number of rotatable bonds is 0. The standard InChI is InChI=1S/C13H16N2O4/c1-2-17-4-6-19-13-8-11-10(9-14-15-11)7-12(13)18-5-3-16-1/h7-9H,1-6H2,(H,14,15). The second kappa shape index (κ2) is 5.90. The maximum Gasteiger partial charge on any atom is 0.163 e. The second-order valence-electron chi connectivity index (χ2n) is 4.16. The quantitative estimate of drug-likeness (QED) is 0.778. The van der Waals surface area contributed by atoms with Gasteiger partial charge in [0.1, 0.15) is 13.2 Å². The van der Waals surface area contributed by atoms with Crippen LogP contribution in [0.4, 0.5) is 0 Å². The minimum Gasteiger partial charge on any atom is -0.487 e. The van der Waals surface area contributed by atoms with E-state index in [9.17, 15) is 0 Å². The molecule has 1 aliphatic rings. The predicted molar refractivity (Wildman–Crippen MR) is 68.7 cm³/mol. The average molecular weight is 264 g/mol. The molecule has 1 N–H and O–H groups in total. The molecule has 0 unspecified atom stereocenters. The van der Waals surface area contributed by atoms with Crippen molar-refractivity contribution in [3.63, 3.8) is 0 Å². The number of hydrogen-bond donors (Lipinski definition) is 1. The summed E-state index contributed by atoms with van der Waals surface area (Å²) in [5.41, 5.74) is 0.853. The number of nitrogens with one attached hydrogen (secondary N) is 1. The van der Waals surface area contributed by atoms with Crippen molar-refractivity contribution in [2.75, 3.05) is 39.6 Å². The molecular weight excluding hydrogens is 248 g/mol. The SMILES string of the molecule is c1[nH]nc2cc3c(cc12)OCCOCCOCCO3. The van der Waals surface area contributed by atoms with E-state index in [1.807, 2.05) is 18.3 Å². The molecule has 0 fully saturated rings. The van der Waals surface area contributed by atoms with Gasteiger partial charge in [0, 0.05) is 17.6 Å². The number of H-pyrrole nitrogens is 1. The molecule has 1 aromatic carbocycles. The van der Waals surface area contributed by atoms with E-state index < -0.39 is 0 Å². The van der Waals surface area contributed by atoms with Crippen LogP contribution in [0.5, 0.6) is 11.5 Å². The zero-order valence-electron chi connectivity index (χ0n) is 10.6. The van der Waals surface area contributed by atoms with E-state index in [-0.39, 0.29) is 0 Å². The summed E-state index contributed by atoms with van der Waals surface area (Å²) in [5.74, 6) is 1.39. The first-order valence-corrected chi connectivity index (χ1v) is 6.32. The molecule has 0 aliphatic carbocycles. The molecule has 3 rings (SSSR count). The van der Waals surface area contributed by atoms with E-state index >= 15 is 0 Å². The van der Waals surface area contributed by atoms with Crippen LogP contribution in [0.3, 0.4) is 0 Å². The van der Waals surface area contributed by atoms with E-state index in [0.29, 0.717) is 51.1 Å². The Kier molecular flexibility index (Phi) is 3.81. The number of fused-ring (bicyclic) bond motifs is 2. The molecule has 1 aliphatic heterocycles. The molecular formula is C13H16N2O4. The van der Waals surface area contributed by atoms with Gasteiger partial charge in [-0.1, -0.05) is 0 Å². The van der Waals surface area contributed by atoms with Gasteiger partial charge in [-0.3, -0.25) is 5.10 Å². The number of nitrogens with zero attached hydrogens (tertiary/aromatic N) is 1. The maximum atomic E-state index is 5.71. The lowest BCUT2D eigenvalue weighted by atomic mass is 10.2. The molecule has 19 heavy (non-hydrogen) atoms. The molecule has 0 bridgehead atoms. The first kappa shape index (κ1) is 12.3. The van der Waals surface area contributed by atoms with E-state index in [0.717, 1.165) is 10.9 Å². The lowest BCUT2D eigenvalue weighted by Gasteiger charge is -2.15. The third kappa shape index (κ3) is 2.97. The summed E-state index contributed by atoms with van der Waals surface area (Å²) in [6, 6.07) is 3.79. The van der Waals surface area contributed by atoms with Crippen LogP contribution >= 0.6 is 0 Å². The van der Waals surface area contributed by atoms with Gasteiger partial charge in [-0.2, -0.15) is 5.10 Å². The van der Waals surface area contributed by atoms with Gasteiger partial charge >= 0.3 is 0 Å². The molecule has 0 saturated carbocycles. The highest BCUT2D eigenvalue weighted by atomic mass is 16.6. The van der Waals surface area contributed by atoms with E-state index in [4.69, 9.17) is 18.9 Å². The summed E-state index contributed by atoms with van der Waals surface area (Å²) in [6.07, 6.45) is 1.83. The topological polar surface area (TPSA) is 65.6 Å². The number of aromatic amines is 1. The monoisotopic (exact) mass is 264 g/mol. The normalized spacial score (nSPS) is 17.7. The first-order valence-electron chi connectivity index (χ1n) is 6.32. The van der Waals surface area contributed by atoms with E-state index in [1.54, 1.807) is 0 Å². The molecule has 2 aromatic rings. The van der Waals surface area contributed by atoms with Crippen LogP contribution in [0, 0.1) is 0 Å². The van der Waals surface area contributed by atoms with Gasteiger partial charge in [0.2, 0.25) is 0 Å². The van der Waals surface area contributed by atoms with E-state index in [2.05, 4.69) is 10.2 Å². The zero-order chi connectivity index (χ0) is 12.9. The fourth-order valence-electron chi connectivity index (χ4n) is 1.92. The molecule has 0 spiro atoms. The molecule has 6 nitrogen and oxygen atoms in total. The third-order valence-electron chi connectivity index (χ3n) is 2.84. The van der Waals surface area contributed by atoms with Crippen molar-refractivity contribution in [2.24, 2.45) is 0 Å². The van der Waals surface area contributed by atoms with Crippen LogP contribution < -0.4 is 9.47 Å². The summed E-state index contributed by atoms with van der Waals surface area (Å²) >= 11 is 0. The Hall–Kier alpha value is -1.79. The lowest BCUT2D eigenvalue weighted by Crippen LogP contribution is -2.15. The van der Waals surface area contributed by atoms with Crippen molar-refractivity contribution >= 4 is 10.9 Å². The maximum absolute atomic E-state index is 5.71. The number of hydrogen-bond acceptors (Lipinski definition) is 5. The number of ether oxygens (including phenoxy) is 4. The molecule has 0 saturated heterocycles. The zero-order valence-corrected chi connectivity index (χ0v) is 10.6. The largest absolute Gasteiger partial charge is 0.487 e.